The van der Waals surface area contributed by atoms with E-state index in [0.29, 0.717) is 11.4 Å². The summed E-state index contributed by atoms with van der Waals surface area (Å²) in [6, 6.07) is 11.7. The summed E-state index contributed by atoms with van der Waals surface area (Å²) in [5, 5.41) is 0. The van der Waals surface area contributed by atoms with Gasteiger partial charge in [0.2, 0.25) is 0 Å². The Morgan fingerprint density at radius 3 is 2.38 bits per heavy atom. The lowest BCUT2D eigenvalue weighted by molar-refractivity contribution is 0.386. The Morgan fingerprint density at radius 2 is 1.76 bits per heavy atom. The molecule has 0 amide bonds. The van der Waals surface area contributed by atoms with Gasteiger partial charge in [-0.1, -0.05) is 12.1 Å². The second-order valence-corrected chi connectivity index (χ2v) is 6.14. The standard InChI is InChI=1S/C15H17NO4S/c1-11-5-4-6-12(9-11)16-21(17,18)15-8-7-13(19-2)10-14(15)20-3/h4-10,16H,1-3H3. The van der Waals surface area contributed by atoms with Crippen molar-refractivity contribution in [3.8, 4) is 11.5 Å². The second-order valence-electron chi connectivity index (χ2n) is 4.49. The van der Waals surface area contributed by atoms with Crippen LogP contribution in [0.15, 0.2) is 47.4 Å². The molecule has 2 rings (SSSR count). The molecule has 0 spiro atoms. The summed E-state index contributed by atoms with van der Waals surface area (Å²) in [6.45, 7) is 1.89. The van der Waals surface area contributed by atoms with E-state index in [1.165, 1.54) is 26.4 Å². The third-order valence-electron chi connectivity index (χ3n) is 2.93. The molecule has 0 atom stereocenters. The third-order valence-corrected chi connectivity index (χ3v) is 4.35. The molecular weight excluding hydrogens is 290 g/mol. The summed E-state index contributed by atoms with van der Waals surface area (Å²) in [4.78, 5) is 0.0623. The average Bonchev–Trinajstić information content (AvgIpc) is 2.46. The minimum atomic E-state index is -3.73. The number of aryl methyl sites for hydroxylation is 1. The topological polar surface area (TPSA) is 64.6 Å². The van der Waals surface area contributed by atoms with E-state index in [9.17, 15) is 8.42 Å². The summed E-state index contributed by atoms with van der Waals surface area (Å²) in [5.41, 5.74) is 1.48. The number of anilines is 1. The number of hydrogen-bond donors (Lipinski definition) is 1. The van der Waals surface area contributed by atoms with E-state index in [0.717, 1.165) is 5.56 Å². The van der Waals surface area contributed by atoms with Crippen molar-refractivity contribution in [1.82, 2.24) is 0 Å². The number of benzene rings is 2. The fraction of sp³-hybridized carbons (Fsp3) is 0.200. The van der Waals surface area contributed by atoms with Crippen LogP contribution in [0.1, 0.15) is 5.56 Å². The van der Waals surface area contributed by atoms with Gasteiger partial charge in [0, 0.05) is 11.8 Å². The van der Waals surface area contributed by atoms with Crippen LogP contribution in [0.3, 0.4) is 0 Å². The largest absolute Gasteiger partial charge is 0.497 e. The Morgan fingerprint density at radius 1 is 1.00 bits per heavy atom. The van der Waals surface area contributed by atoms with Gasteiger partial charge in [0.1, 0.15) is 16.4 Å². The van der Waals surface area contributed by atoms with Gasteiger partial charge < -0.3 is 9.47 Å². The fourth-order valence-corrected chi connectivity index (χ4v) is 3.12. The molecule has 112 valence electrons. The number of nitrogens with one attached hydrogen (secondary N) is 1. The zero-order valence-electron chi connectivity index (χ0n) is 12.1. The highest BCUT2D eigenvalue weighted by atomic mass is 32.2. The number of hydrogen-bond acceptors (Lipinski definition) is 4. The van der Waals surface area contributed by atoms with Gasteiger partial charge in [0.15, 0.2) is 0 Å². The van der Waals surface area contributed by atoms with Crippen LogP contribution < -0.4 is 14.2 Å². The minimum absolute atomic E-state index is 0.0623. The first-order chi connectivity index (χ1) is 9.96. The molecule has 0 aliphatic heterocycles. The van der Waals surface area contributed by atoms with Crippen molar-refractivity contribution in [2.24, 2.45) is 0 Å². The Bertz CT molecular complexity index is 741. The molecule has 0 unspecified atom stereocenters. The van der Waals surface area contributed by atoms with Gasteiger partial charge in [-0.05, 0) is 36.8 Å². The Kier molecular flexibility index (Phi) is 4.37. The lowest BCUT2D eigenvalue weighted by Crippen LogP contribution is -2.14. The molecule has 21 heavy (non-hydrogen) atoms. The van der Waals surface area contributed by atoms with Gasteiger partial charge in [-0.25, -0.2) is 8.42 Å². The molecule has 0 heterocycles. The van der Waals surface area contributed by atoms with E-state index < -0.39 is 10.0 Å². The Hall–Kier alpha value is -2.21. The second kappa shape index (κ2) is 6.05. The molecule has 0 bridgehead atoms. The molecule has 2 aromatic rings. The SMILES string of the molecule is COc1ccc(S(=O)(=O)Nc2cccc(C)c2)c(OC)c1. The lowest BCUT2D eigenvalue weighted by atomic mass is 10.2. The molecule has 0 aliphatic rings. The first-order valence-corrected chi connectivity index (χ1v) is 7.76. The maximum Gasteiger partial charge on any atom is 0.265 e. The van der Waals surface area contributed by atoms with Crippen molar-refractivity contribution >= 4 is 15.7 Å². The molecule has 0 aromatic heterocycles. The van der Waals surface area contributed by atoms with Crippen molar-refractivity contribution in [3.05, 3.63) is 48.0 Å². The van der Waals surface area contributed by atoms with Crippen molar-refractivity contribution in [3.63, 3.8) is 0 Å². The fourth-order valence-electron chi connectivity index (χ4n) is 1.92. The Balaban J connectivity index is 2.40. The van der Waals surface area contributed by atoms with Gasteiger partial charge >= 0.3 is 0 Å². The summed E-state index contributed by atoms with van der Waals surface area (Å²) < 4.78 is 37.7. The number of rotatable bonds is 5. The van der Waals surface area contributed by atoms with Gasteiger partial charge in [-0.2, -0.15) is 0 Å². The third kappa shape index (κ3) is 3.46. The number of sulfonamides is 1. The van der Waals surface area contributed by atoms with E-state index in [1.807, 2.05) is 13.0 Å². The average molecular weight is 307 g/mol. The monoisotopic (exact) mass is 307 g/mol. The normalized spacial score (nSPS) is 11.0. The van der Waals surface area contributed by atoms with Crippen molar-refractivity contribution in [2.75, 3.05) is 18.9 Å². The van der Waals surface area contributed by atoms with Gasteiger partial charge in [-0.3, -0.25) is 4.72 Å². The van der Waals surface area contributed by atoms with Gasteiger partial charge in [-0.15, -0.1) is 0 Å². The molecule has 0 saturated carbocycles. The summed E-state index contributed by atoms with van der Waals surface area (Å²) in [7, 11) is -0.803. The van der Waals surface area contributed by atoms with Crippen LogP contribution in [0.2, 0.25) is 0 Å². The van der Waals surface area contributed by atoms with Crippen LogP contribution in [0.4, 0.5) is 5.69 Å². The molecule has 0 aliphatic carbocycles. The summed E-state index contributed by atoms with van der Waals surface area (Å²) in [5.74, 6) is 0.760. The van der Waals surface area contributed by atoms with E-state index >= 15 is 0 Å². The molecule has 0 fully saturated rings. The minimum Gasteiger partial charge on any atom is -0.497 e. The van der Waals surface area contributed by atoms with Crippen molar-refractivity contribution in [2.45, 2.75) is 11.8 Å². The molecule has 2 aromatic carbocycles. The predicted octanol–water partition coefficient (Wildman–Crippen LogP) is 2.81. The highest BCUT2D eigenvalue weighted by Crippen LogP contribution is 2.29. The Labute approximate surface area is 124 Å². The zero-order valence-corrected chi connectivity index (χ0v) is 12.9. The lowest BCUT2D eigenvalue weighted by Gasteiger charge is -2.13. The maximum atomic E-state index is 12.5. The summed E-state index contributed by atoms with van der Waals surface area (Å²) >= 11 is 0. The van der Waals surface area contributed by atoms with E-state index in [2.05, 4.69) is 4.72 Å². The maximum absolute atomic E-state index is 12.5. The number of ether oxygens (including phenoxy) is 2. The molecule has 1 N–H and O–H groups in total. The first kappa shape index (κ1) is 15.2. The molecule has 0 radical (unpaired) electrons. The van der Waals surface area contributed by atoms with Gasteiger partial charge in [0.05, 0.1) is 14.2 Å². The van der Waals surface area contributed by atoms with Crippen LogP contribution in [-0.4, -0.2) is 22.6 Å². The van der Waals surface area contributed by atoms with Crippen LogP contribution in [0.25, 0.3) is 0 Å². The van der Waals surface area contributed by atoms with Crippen molar-refractivity contribution < 1.29 is 17.9 Å². The smallest absolute Gasteiger partial charge is 0.265 e. The van der Waals surface area contributed by atoms with Crippen molar-refractivity contribution in [1.29, 1.82) is 0 Å². The molecular formula is C15H17NO4S. The quantitative estimate of drug-likeness (QED) is 0.922. The molecule has 5 nitrogen and oxygen atoms in total. The molecule has 6 heteroatoms. The van der Waals surface area contributed by atoms with Gasteiger partial charge in [0.25, 0.3) is 10.0 Å². The van der Waals surface area contributed by atoms with E-state index in [4.69, 9.17) is 9.47 Å². The van der Waals surface area contributed by atoms with Crippen LogP contribution in [0.5, 0.6) is 11.5 Å². The van der Waals surface area contributed by atoms with E-state index in [1.54, 1.807) is 24.3 Å². The van der Waals surface area contributed by atoms with E-state index in [-0.39, 0.29) is 10.6 Å². The first-order valence-electron chi connectivity index (χ1n) is 6.28. The highest BCUT2D eigenvalue weighted by molar-refractivity contribution is 7.92. The van der Waals surface area contributed by atoms with Crippen LogP contribution in [-0.2, 0) is 10.0 Å². The van der Waals surface area contributed by atoms with Crippen LogP contribution in [0, 0.1) is 6.92 Å². The highest BCUT2D eigenvalue weighted by Gasteiger charge is 2.20. The zero-order chi connectivity index (χ0) is 15.5. The number of methoxy groups -OCH3 is 2. The predicted molar refractivity (Wildman–Crippen MR) is 81.5 cm³/mol. The van der Waals surface area contributed by atoms with Crippen LogP contribution >= 0.6 is 0 Å². The molecule has 0 saturated heterocycles. The summed E-state index contributed by atoms with van der Waals surface area (Å²) in [6.07, 6.45) is 0.